The summed E-state index contributed by atoms with van der Waals surface area (Å²) >= 11 is 4.18. The Hall–Kier alpha value is -0.860. The number of thioether (sulfide) groups is 2. The highest BCUT2D eigenvalue weighted by Crippen LogP contribution is 2.52. The normalized spacial score (nSPS) is 19.2. The first-order valence-electron chi connectivity index (χ1n) is 6.76. The predicted octanol–water partition coefficient (Wildman–Crippen LogP) is 4.91. The molecule has 0 atom stereocenters. The molecule has 96 valence electrons. The standard InChI is InChI=1S/C17H16S2/c1-17(18-8-9-19-17)14-6-7-16-13(11-14)10-12-4-2-3-5-15(12)16/h2-7,11H,8-10H2,1H3. The van der Waals surface area contributed by atoms with Crippen molar-refractivity contribution in [2.75, 3.05) is 11.5 Å². The minimum Gasteiger partial charge on any atom is -0.139 e. The molecule has 1 saturated heterocycles. The van der Waals surface area contributed by atoms with Gasteiger partial charge in [-0.1, -0.05) is 42.5 Å². The van der Waals surface area contributed by atoms with E-state index in [0.717, 1.165) is 6.42 Å². The second-order valence-corrected chi connectivity index (χ2v) is 8.63. The number of rotatable bonds is 1. The predicted molar refractivity (Wildman–Crippen MR) is 87.0 cm³/mol. The van der Waals surface area contributed by atoms with Crippen LogP contribution in [0.5, 0.6) is 0 Å². The maximum absolute atomic E-state index is 2.45. The Balaban J connectivity index is 1.79. The van der Waals surface area contributed by atoms with Gasteiger partial charge in [0.25, 0.3) is 0 Å². The van der Waals surface area contributed by atoms with Gasteiger partial charge in [0.1, 0.15) is 0 Å². The minimum atomic E-state index is 0.268. The number of benzene rings is 2. The molecular formula is C17H16S2. The zero-order chi connectivity index (χ0) is 12.9. The summed E-state index contributed by atoms with van der Waals surface area (Å²) in [6.07, 6.45) is 1.10. The summed E-state index contributed by atoms with van der Waals surface area (Å²) in [5.74, 6) is 2.55. The largest absolute Gasteiger partial charge is 0.139 e. The lowest BCUT2D eigenvalue weighted by molar-refractivity contribution is 1.02. The fraction of sp³-hybridized carbons (Fsp3) is 0.294. The van der Waals surface area contributed by atoms with Crippen LogP contribution in [0.1, 0.15) is 23.6 Å². The van der Waals surface area contributed by atoms with Crippen LogP contribution in [0.4, 0.5) is 0 Å². The second kappa shape index (κ2) is 4.32. The number of hydrogen-bond acceptors (Lipinski definition) is 2. The average molecular weight is 284 g/mol. The Morgan fingerprint density at radius 2 is 1.63 bits per heavy atom. The van der Waals surface area contributed by atoms with Crippen molar-refractivity contribution in [3.8, 4) is 11.1 Å². The quantitative estimate of drug-likeness (QED) is 0.622. The van der Waals surface area contributed by atoms with Gasteiger partial charge in [-0.3, -0.25) is 0 Å². The van der Waals surface area contributed by atoms with Gasteiger partial charge in [0.2, 0.25) is 0 Å². The van der Waals surface area contributed by atoms with E-state index in [0.29, 0.717) is 0 Å². The molecule has 2 aromatic carbocycles. The van der Waals surface area contributed by atoms with E-state index < -0.39 is 0 Å². The Bertz CT molecular complexity index is 639. The molecule has 0 nitrogen and oxygen atoms in total. The van der Waals surface area contributed by atoms with E-state index in [9.17, 15) is 0 Å². The molecule has 0 N–H and O–H groups in total. The summed E-state index contributed by atoms with van der Waals surface area (Å²) in [6.45, 7) is 2.37. The van der Waals surface area contributed by atoms with Crippen molar-refractivity contribution < 1.29 is 0 Å². The third kappa shape index (κ3) is 1.85. The summed E-state index contributed by atoms with van der Waals surface area (Å²) in [5, 5.41) is 0. The zero-order valence-electron chi connectivity index (χ0n) is 11.0. The highest BCUT2D eigenvalue weighted by atomic mass is 32.2. The smallest absolute Gasteiger partial charge is 0.0832 e. The van der Waals surface area contributed by atoms with Crippen molar-refractivity contribution in [2.24, 2.45) is 0 Å². The third-order valence-corrected chi connectivity index (χ3v) is 7.51. The summed E-state index contributed by atoms with van der Waals surface area (Å²) in [7, 11) is 0. The van der Waals surface area contributed by atoms with Crippen molar-refractivity contribution in [3.05, 3.63) is 59.2 Å². The third-order valence-electron chi connectivity index (χ3n) is 4.16. The van der Waals surface area contributed by atoms with E-state index in [1.165, 1.54) is 39.3 Å². The Morgan fingerprint density at radius 1 is 0.895 bits per heavy atom. The molecule has 1 aliphatic heterocycles. The molecule has 2 heteroatoms. The van der Waals surface area contributed by atoms with E-state index in [2.05, 4.69) is 72.9 Å². The summed E-state index contributed by atoms with van der Waals surface area (Å²) in [4.78, 5) is 0. The van der Waals surface area contributed by atoms with Gasteiger partial charge < -0.3 is 0 Å². The maximum Gasteiger partial charge on any atom is 0.0832 e. The van der Waals surface area contributed by atoms with Crippen LogP contribution in [0.25, 0.3) is 11.1 Å². The lowest BCUT2D eigenvalue weighted by atomic mass is 10.0. The highest BCUT2D eigenvalue weighted by molar-refractivity contribution is 8.20. The monoisotopic (exact) mass is 284 g/mol. The lowest BCUT2D eigenvalue weighted by Gasteiger charge is -2.23. The first-order chi connectivity index (χ1) is 9.26. The highest BCUT2D eigenvalue weighted by Gasteiger charge is 2.33. The summed E-state index contributed by atoms with van der Waals surface area (Å²) < 4.78 is 0.268. The molecule has 1 heterocycles. The van der Waals surface area contributed by atoms with Crippen molar-refractivity contribution in [2.45, 2.75) is 17.4 Å². The van der Waals surface area contributed by atoms with E-state index in [1.54, 1.807) is 0 Å². The lowest BCUT2D eigenvalue weighted by Crippen LogP contribution is -2.08. The average Bonchev–Trinajstić information content (AvgIpc) is 3.02. The van der Waals surface area contributed by atoms with Crippen LogP contribution in [-0.2, 0) is 10.5 Å². The molecule has 2 aliphatic rings. The minimum absolute atomic E-state index is 0.268. The Kier molecular flexibility index (Phi) is 2.71. The first kappa shape index (κ1) is 11.9. The summed E-state index contributed by atoms with van der Waals surface area (Å²) in [6, 6.07) is 15.9. The molecule has 1 aliphatic carbocycles. The molecule has 1 fully saturated rings. The van der Waals surface area contributed by atoms with Crippen LogP contribution in [0.2, 0.25) is 0 Å². The van der Waals surface area contributed by atoms with Gasteiger partial charge in [-0.15, -0.1) is 23.5 Å². The molecule has 0 radical (unpaired) electrons. The second-order valence-electron chi connectivity index (χ2n) is 5.35. The SMILES string of the molecule is CC1(c2ccc3c(c2)Cc2ccccc2-3)SCCS1. The molecular weight excluding hydrogens is 268 g/mol. The van der Waals surface area contributed by atoms with Crippen LogP contribution in [-0.4, -0.2) is 11.5 Å². The van der Waals surface area contributed by atoms with Crippen LogP contribution >= 0.6 is 23.5 Å². The molecule has 4 rings (SSSR count). The van der Waals surface area contributed by atoms with Crippen molar-refractivity contribution >= 4 is 23.5 Å². The Morgan fingerprint density at radius 3 is 2.47 bits per heavy atom. The van der Waals surface area contributed by atoms with Gasteiger partial charge in [0, 0.05) is 11.5 Å². The van der Waals surface area contributed by atoms with E-state index >= 15 is 0 Å². The van der Waals surface area contributed by atoms with E-state index in [1.807, 2.05) is 0 Å². The van der Waals surface area contributed by atoms with Gasteiger partial charge in [-0.25, -0.2) is 0 Å². The zero-order valence-corrected chi connectivity index (χ0v) is 12.6. The first-order valence-corrected chi connectivity index (χ1v) is 8.73. The van der Waals surface area contributed by atoms with Gasteiger partial charge in [0.15, 0.2) is 0 Å². The van der Waals surface area contributed by atoms with Crippen molar-refractivity contribution in [1.82, 2.24) is 0 Å². The number of hydrogen-bond donors (Lipinski definition) is 0. The molecule has 0 amide bonds. The van der Waals surface area contributed by atoms with Crippen molar-refractivity contribution in [1.29, 1.82) is 0 Å². The molecule has 0 spiro atoms. The molecule has 0 bridgehead atoms. The number of fused-ring (bicyclic) bond motifs is 3. The molecule has 2 aromatic rings. The van der Waals surface area contributed by atoms with Crippen LogP contribution < -0.4 is 0 Å². The maximum atomic E-state index is 2.45. The van der Waals surface area contributed by atoms with Crippen LogP contribution in [0, 0.1) is 0 Å². The van der Waals surface area contributed by atoms with E-state index in [-0.39, 0.29) is 4.08 Å². The van der Waals surface area contributed by atoms with Gasteiger partial charge in [-0.2, -0.15) is 0 Å². The summed E-state index contributed by atoms with van der Waals surface area (Å²) in [5.41, 5.74) is 7.35. The molecule has 0 saturated carbocycles. The fourth-order valence-corrected chi connectivity index (χ4v) is 5.98. The van der Waals surface area contributed by atoms with Crippen LogP contribution in [0.15, 0.2) is 42.5 Å². The van der Waals surface area contributed by atoms with Gasteiger partial charge in [-0.05, 0) is 41.2 Å². The fourth-order valence-electron chi connectivity index (χ4n) is 3.11. The molecule has 0 aromatic heterocycles. The topological polar surface area (TPSA) is 0 Å². The van der Waals surface area contributed by atoms with Gasteiger partial charge >= 0.3 is 0 Å². The van der Waals surface area contributed by atoms with Gasteiger partial charge in [0.05, 0.1) is 4.08 Å². The van der Waals surface area contributed by atoms with Crippen molar-refractivity contribution in [3.63, 3.8) is 0 Å². The van der Waals surface area contributed by atoms with Crippen LogP contribution in [0.3, 0.4) is 0 Å². The Labute approximate surface area is 123 Å². The molecule has 19 heavy (non-hydrogen) atoms. The van der Waals surface area contributed by atoms with E-state index in [4.69, 9.17) is 0 Å². The molecule has 0 unspecified atom stereocenters.